The van der Waals surface area contributed by atoms with Gasteiger partial charge in [-0.15, -0.1) is 0 Å². The Balaban J connectivity index is 1.97. The number of nitrogens with one attached hydrogen (secondary N) is 1. The molecular weight excluding hydrogens is 332 g/mol. The summed E-state index contributed by atoms with van der Waals surface area (Å²) in [6, 6.07) is 13.1. The largest absolute Gasteiger partial charge is 0.483 e. The molecule has 2 aromatic rings. The summed E-state index contributed by atoms with van der Waals surface area (Å²) in [5.74, 6) is 0.481. The van der Waals surface area contributed by atoms with Crippen molar-refractivity contribution >= 4 is 27.5 Å². The summed E-state index contributed by atoms with van der Waals surface area (Å²) < 4.78 is 6.58. The number of para-hydroxylation sites is 1. The number of nitrogens with two attached hydrogens (primary N) is 1. The summed E-state index contributed by atoms with van der Waals surface area (Å²) >= 11 is 3.35. The molecule has 0 unspecified atom stereocenters. The van der Waals surface area contributed by atoms with E-state index in [-0.39, 0.29) is 12.5 Å². The molecule has 5 heteroatoms. The number of amides is 1. The lowest BCUT2D eigenvalue weighted by Gasteiger charge is -2.13. The first kappa shape index (κ1) is 15.5. The van der Waals surface area contributed by atoms with Crippen LogP contribution in [-0.2, 0) is 11.3 Å². The van der Waals surface area contributed by atoms with Crippen LogP contribution in [0.5, 0.6) is 5.75 Å². The van der Waals surface area contributed by atoms with Crippen LogP contribution >= 0.6 is 15.9 Å². The summed E-state index contributed by atoms with van der Waals surface area (Å²) in [5, 5.41) is 2.78. The molecule has 1 amide bonds. The van der Waals surface area contributed by atoms with Crippen LogP contribution in [0.15, 0.2) is 46.9 Å². The van der Waals surface area contributed by atoms with Crippen LogP contribution < -0.4 is 15.8 Å². The maximum absolute atomic E-state index is 11.9. The molecule has 0 bridgehead atoms. The molecule has 0 radical (unpaired) electrons. The molecule has 0 spiro atoms. The maximum atomic E-state index is 11.9. The van der Waals surface area contributed by atoms with E-state index in [0.29, 0.717) is 12.3 Å². The lowest BCUT2D eigenvalue weighted by Crippen LogP contribution is -2.21. The number of benzene rings is 2. The summed E-state index contributed by atoms with van der Waals surface area (Å²) in [7, 11) is 0. The number of halogens is 1. The molecule has 0 aliphatic rings. The van der Waals surface area contributed by atoms with Crippen LogP contribution in [0.3, 0.4) is 0 Å². The van der Waals surface area contributed by atoms with Gasteiger partial charge in [-0.05, 0) is 36.8 Å². The van der Waals surface area contributed by atoms with E-state index in [1.165, 1.54) is 0 Å². The zero-order chi connectivity index (χ0) is 15.2. The van der Waals surface area contributed by atoms with Crippen LogP contribution in [0.4, 0.5) is 5.69 Å². The molecule has 0 aliphatic carbocycles. The molecule has 110 valence electrons. The maximum Gasteiger partial charge on any atom is 0.262 e. The highest BCUT2D eigenvalue weighted by Gasteiger charge is 2.09. The zero-order valence-corrected chi connectivity index (χ0v) is 13.3. The van der Waals surface area contributed by atoms with E-state index in [0.717, 1.165) is 21.3 Å². The summed E-state index contributed by atoms with van der Waals surface area (Å²) in [6.07, 6.45) is 0. The van der Waals surface area contributed by atoms with Gasteiger partial charge in [-0.3, -0.25) is 4.79 Å². The number of carbonyl (C=O) groups excluding carboxylic acids is 1. The molecule has 0 heterocycles. The minimum absolute atomic E-state index is 0.0477. The van der Waals surface area contributed by atoms with E-state index < -0.39 is 0 Å². The number of carbonyl (C=O) groups is 1. The quantitative estimate of drug-likeness (QED) is 0.871. The van der Waals surface area contributed by atoms with Gasteiger partial charge in [0, 0.05) is 22.3 Å². The van der Waals surface area contributed by atoms with Gasteiger partial charge in [-0.25, -0.2) is 0 Å². The third-order valence-electron chi connectivity index (χ3n) is 2.99. The minimum atomic E-state index is -0.205. The fraction of sp³-hybridized carbons (Fsp3) is 0.188. The Labute approximate surface area is 132 Å². The van der Waals surface area contributed by atoms with E-state index in [4.69, 9.17) is 10.5 Å². The molecule has 0 atom stereocenters. The van der Waals surface area contributed by atoms with Gasteiger partial charge in [-0.1, -0.05) is 34.1 Å². The van der Waals surface area contributed by atoms with Crippen molar-refractivity contribution in [2.45, 2.75) is 13.5 Å². The number of ether oxygens (including phenoxy) is 1. The van der Waals surface area contributed by atoms with Gasteiger partial charge in [-0.2, -0.15) is 0 Å². The van der Waals surface area contributed by atoms with Crippen molar-refractivity contribution in [2.24, 2.45) is 5.73 Å². The summed E-state index contributed by atoms with van der Waals surface area (Å²) in [5.41, 5.74) is 8.27. The summed E-state index contributed by atoms with van der Waals surface area (Å²) in [4.78, 5) is 11.9. The van der Waals surface area contributed by atoms with Crippen LogP contribution in [0, 0.1) is 6.92 Å². The second kappa shape index (κ2) is 7.24. The standard InChI is InChI=1S/C16H17BrN2O2/c1-11-3-2-4-12(9-18)16(11)21-10-15(20)19-14-7-5-13(17)6-8-14/h2-8H,9-10,18H2,1H3,(H,19,20). The predicted molar refractivity (Wildman–Crippen MR) is 87.3 cm³/mol. The Kier molecular flexibility index (Phi) is 5.36. The van der Waals surface area contributed by atoms with Crippen molar-refractivity contribution in [3.8, 4) is 5.75 Å². The topological polar surface area (TPSA) is 64.3 Å². The fourth-order valence-corrected chi connectivity index (χ4v) is 2.21. The van der Waals surface area contributed by atoms with Crippen molar-refractivity contribution < 1.29 is 9.53 Å². The SMILES string of the molecule is Cc1cccc(CN)c1OCC(=O)Nc1ccc(Br)cc1. The molecule has 0 saturated carbocycles. The monoisotopic (exact) mass is 348 g/mol. The van der Waals surface area contributed by atoms with Crippen LogP contribution in [0.1, 0.15) is 11.1 Å². The fourth-order valence-electron chi connectivity index (χ4n) is 1.95. The van der Waals surface area contributed by atoms with Crippen LogP contribution in [0.25, 0.3) is 0 Å². The lowest BCUT2D eigenvalue weighted by atomic mass is 10.1. The van der Waals surface area contributed by atoms with Gasteiger partial charge >= 0.3 is 0 Å². The molecule has 21 heavy (non-hydrogen) atoms. The van der Waals surface area contributed by atoms with Gasteiger partial charge in [0.2, 0.25) is 0 Å². The highest BCUT2D eigenvalue weighted by atomic mass is 79.9. The Morgan fingerprint density at radius 2 is 1.95 bits per heavy atom. The first-order chi connectivity index (χ1) is 10.1. The second-order valence-electron chi connectivity index (χ2n) is 4.61. The van der Waals surface area contributed by atoms with Crippen molar-refractivity contribution in [3.05, 3.63) is 58.1 Å². The molecule has 2 rings (SSSR count). The van der Waals surface area contributed by atoms with E-state index in [1.807, 2.05) is 49.4 Å². The normalized spacial score (nSPS) is 10.2. The van der Waals surface area contributed by atoms with E-state index in [1.54, 1.807) is 0 Å². The average molecular weight is 349 g/mol. The number of hydrogen-bond donors (Lipinski definition) is 2. The van der Waals surface area contributed by atoms with Gasteiger partial charge < -0.3 is 15.8 Å². The number of anilines is 1. The van der Waals surface area contributed by atoms with Crippen molar-refractivity contribution in [2.75, 3.05) is 11.9 Å². The Hall–Kier alpha value is -1.85. The number of hydrogen-bond acceptors (Lipinski definition) is 3. The Bertz CT molecular complexity index is 627. The Morgan fingerprint density at radius 1 is 1.24 bits per heavy atom. The van der Waals surface area contributed by atoms with Crippen LogP contribution in [0.2, 0.25) is 0 Å². The van der Waals surface area contributed by atoms with E-state index in [9.17, 15) is 4.79 Å². The highest BCUT2D eigenvalue weighted by molar-refractivity contribution is 9.10. The molecule has 0 saturated heterocycles. The number of aryl methyl sites for hydroxylation is 1. The van der Waals surface area contributed by atoms with E-state index in [2.05, 4.69) is 21.2 Å². The molecule has 0 aromatic heterocycles. The second-order valence-corrected chi connectivity index (χ2v) is 5.53. The average Bonchev–Trinajstić information content (AvgIpc) is 2.48. The number of rotatable bonds is 5. The van der Waals surface area contributed by atoms with Crippen molar-refractivity contribution in [3.63, 3.8) is 0 Å². The van der Waals surface area contributed by atoms with Crippen molar-refractivity contribution in [1.29, 1.82) is 0 Å². The molecular formula is C16H17BrN2O2. The third-order valence-corrected chi connectivity index (χ3v) is 3.52. The molecule has 3 N–H and O–H groups in total. The molecule has 4 nitrogen and oxygen atoms in total. The predicted octanol–water partition coefficient (Wildman–Crippen LogP) is 3.23. The van der Waals surface area contributed by atoms with Gasteiger partial charge in [0.15, 0.2) is 6.61 Å². The lowest BCUT2D eigenvalue weighted by molar-refractivity contribution is -0.118. The smallest absolute Gasteiger partial charge is 0.262 e. The zero-order valence-electron chi connectivity index (χ0n) is 11.7. The first-order valence-corrected chi connectivity index (χ1v) is 7.36. The van der Waals surface area contributed by atoms with E-state index >= 15 is 0 Å². The highest BCUT2D eigenvalue weighted by Crippen LogP contribution is 2.23. The van der Waals surface area contributed by atoms with Gasteiger partial charge in [0.25, 0.3) is 5.91 Å². The van der Waals surface area contributed by atoms with Gasteiger partial charge in [0.05, 0.1) is 0 Å². The van der Waals surface area contributed by atoms with Crippen LogP contribution in [-0.4, -0.2) is 12.5 Å². The summed E-state index contributed by atoms with van der Waals surface area (Å²) in [6.45, 7) is 2.26. The Morgan fingerprint density at radius 3 is 2.62 bits per heavy atom. The molecule has 0 aliphatic heterocycles. The van der Waals surface area contributed by atoms with Crippen molar-refractivity contribution in [1.82, 2.24) is 0 Å². The van der Waals surface area contributed by atoms with Gasteiger partial charge in [0.1, 0.15) is 5.75 Å². The third kappa shape index (κ3) is 4.31. The molecule has 2 aromatic carbocycles. The first-order valence-electron chi connectivity index (χ1n) is 6.57. The minimum Gasteiger partial charge on any atom is -0.483 e. The molecule has 0 fully saturated rings.